The molecule has 0 atom stereocenters. The fourth-order valence-electron chi connectivity index (χ4n) is 1.92. The molecule has 0 aliphatic heterocycles. The van der Waals surface area contributed by atoms with Gasteiger partial charge in [-0.05, 0) is 19.3 Å². The average Bonchev–Trinajstić information content (AvgIpc) is 2.41. The number of unbranched alkanes of at least 4 members (excludes halogenated alkanes) is 7. The van der Waals surface area contributed by atoms with Crippen molar-refractivity contribution in [3.63, 3.8) is 0 Å². The van der Waals surface area contributed by atoms with Crippen molar-refractivity contribution < 1.29 is 22.5 Å². The number of carbonyl (C=O) groups excluding carboxylic acids is 1. The van der Waals surface area contributed by atoms with Crippen LogP contribution in [0.2, 0.25) is 0 Å². The number of halogens is 1. The van der Waals surface area contributed by atoms with E-state index in [2.05, 4.69) is 15.9 Å². The molecule has 0 aliphatic carbocycles. The summed E-state index contributed by atoms with van der Waals surface area (Å²) in [6, 6.07) is 0. The topological polar surface area (TPSA) is 83.5 Å². The Hall–Kier alpha value is -0.140. The summed E-state index contributed by atoms with van der Waals surface area (Å²) in [5.41, 5.74) is 0. The van der Waals surface area contributed by atoms with Gasteiger partial charge in [-0.3, -0.25) is 4.79 Å². The van der Waals surface area contributed by atoms with Crippen LogP contribution in [-0.4, -0.2) is 36.6 Å². The third-order valence-electron chi connectivity index (χ3n) is 3.07. The van der Waals surface area contributed by atoms with E-state index in [1.165, 1.54) is 32.1 Å². The molecule has 0 aromatic carbocycles. The standard InChI is InChI=1S/C14H27BrO5S/c15-11-8-6-4-2-1-3-5-7-10-14(16)20-12-9-13-21(17,18)19/h1-13H2,(H,17,18,19)/p-1. The van der Waals surface area contributed by atoms with Crippen molar-refractivity contribution in [1.29, 1.82) is 0 Å². The molecule has 0 amide bonds. The van der Waals surface area contributed by atoms with Crippen molar-refractivity contribution in [1.82, 2.24) is 0 Å². The smallest absolute Gasteiger partial charge is 0.305 e. The molecule has 0 saturated carbocycles. The van der Waals surface area contributed by atoms with E-state index in [0.29, 0.717) is 6.42 Å². The predicted octanol–water partition coefficient (Wildman–Crippen LogP) is 3.37. The number of hydrogen-bond donors (Lipinski definition) is 0. The van der Waals surface area contributed by atoms with Crippen LogP contribution in [0.3, 0.4) is 0 Å². The molecule has 0 N–H and O–H groups in total. The lowest BCUT2D eigenvalue weighted by molar-refractivity contribution is -0.143. The first kappa shape index (κ1) is 20.9. The maximum absolute atomic E-state index is 11.3. The minimum atomic E-state index is -4.20. The first-order chi connectivity index (χ1) is 9.95. The molecule has 0 saturated heterocycles. The molecular weight excluding hydrogens is 360 g/mol. The Bertz CT molecular complexity index is 356. The van der Waals surface area contributed by atoms with Crippen LogP contribution >= 0.6 is 15.9 Å². The number of alkyl halides is 1. The molecule has 21 heavy (non-hydrogen) atoms. The molecule has 0 bridgehead atoms. The van der Waals surface area contributed by atoms with E-state index in [0.717, 1.165) is 24.6 Å². The van der Waals surface area contributed by atoms with E-state index in [1.807, 2.05) is 0 Å². The minimum Gasteiger partial charge on any atom is -0.748 e. The Kier molecular flexibility index (Phi) is 13.4. The lowest BCUT2D eigenvalue weighted by atomic mass is 10.1. The molecular formula is C14H26BrO5S-. The molecule has 0 aromatic heterocycles. The van der Waals surface area contributed by atoms with E-state index in [-0.39, 0.29) is 19.0 Å². The van der Waals surface area contributed by atoms with Gasteiger partial charge in [0.2, 0.25) is 0 Å². The quantitative estimate of drug-likeness (QED) is 0.198. The van der Waals surface area contributed by atoms with Crippen LogP contribution in [0.5, 0.6) is 0 Å². The zero-order chi connectivity index (χ0) is 16.0. The van der Waals surface area contributed by atoms with Crippen LogP contribution in [0.1, 0.15) is 64.2 Å². The number of esters is 1. The van der Waals surface area contributed by atoms with Crippen molar-refractivity contribution in [3.8, 4) is 0 Å². The molecule has 7 heteroatoms. The summed E-state index contributed by atoms with van der Waals surface area (Å²) in [4.78, 5) is 11.3. The fourth-order valence-corrected chi connectivity index (χ4v) is 2.79. The van der Waals surface area contributed by atoms with E-state index < -0.39 is 15.9 Å². The lowest BCUT2D eigenvalue weighted by Gasteiger charge is -2.07. The average molecular weight is 386 g/mol. The summed E-state index contributed by atoms with van der Waals surface area (Å²) in [6.07, 6.45) is 9.64. The van der Waals surface area contributed by atoms with Crippen molar-refractivity contribution in [2.24, 2.45) is 0 Å². The number of carbonyl (C=O) groups is 1. The van der Waals surface area contributed by atoms with Crippen molar-refractivity contribution >= 4 is 32.0 Å². The Morgan fingerprint density at radius 3 is 1.95 bits per heavy atom. The Morgan fingerprint density at radius 1 is 0.905 bits per heavy atom. The first-order valence-electron chi connectivity index (χ1n) is 7.61. The molecule has 126 valence electrons. The van der Waals surface area contributed by atoms with Gasteiger partial charge in [0.25, 0.3) is 0 Å². The highest BCUT2D eigenvalue weighted by Crippen LogP contribution is 2.10. The normalized spacial score (nSPS) is 11.5. The number of rotatable bonds is 14. The van der Waals surface area contributed by atoms with Crippen molar-refractivity contribution in [2.45, 2.75) is 64.2 Å². The summed E-state index contributed by atoms with van der Waals surface area (Å²) >= 11 is 3.41. The second-order valence-electron chi connectivity index (χ2n) is 5.10. The zero-order valence-electron chi connectivity index (χ0n) is 12.5. The predicted molar refractivity (Wildman–Crippen MR) is 85.5 cm³/mol. The van der Waals surface area contributed by atoms with Gasteiger partial charge in [-0.1, -0.05) is 54.5 Å². The number of ether oxygens (including phenoxy) is 1. The second-order valence-corrected chi connectivity index (χ2v) is 7.42. The first-order valence-corrected chi connectivity index (χ1v) is 10.3. The number of hydrogen-bond acceptors (Lipinski definition) is 5. The molecule has 0 aliphatic rings. The molecule has 0 rings (SSSR count). The van der Waals surface area contributed by atoms with Gasteiger partial charge in [0.05, 0.1) is 16.7 Å². The molecule has 0 spiro atoms. The highest BCUT2D eigenvalue weighted by atomic mass is 79.9. The van der Waals surface area contributed by atoms with E-state index in [1.54, 1.807) is 0 Å². The minimum absolute atomic E-state index is 0.00781. The van der Waals surface area contributed by atoms with Crippen LogP contribution in [0, 0.1) is 0 Å². The van der Waals surface area contributed by atoms with Crippen LogP contribution in [-0.2, 0) is 19.6 Å². The SMILES string of the molecule is O=C(CCCCCCCCCCBr)OCCCS(=O)(=O)[O-]. The fraction of sp³-hybridized carbons (Fsp3) is 0.929. The lowest BCUT2D eigenvalue weighted by Crippen LogP contribution is -2.10. The summed E-state index contributed by atoms with van der Waals surface area (Å²) in [6.45, 7) is 0.00781. The van der Waals surface area contributed by atoms with Crippen molar-refractivity contribution in [3.05, 3.63) is 0 Å². The monoisotopic (exact) mass is 385 g/mol. The van der Waals surface area contributed by atoms with Gasteiger partial charge in [0.15, 0.2) is 0 Å². The third-order valence-corrected chi connectivity index (χ3v) is 4.42. The summed E-state index contributed by atoms with van der Waals surface area (Å²) < 4.78 is 35.9. The van der Waals surface area contributed by atoms with Gasteiger partial charge in [-0.15, -0.1) is 0 Å². The van der Waals surface area contributed by atoms with E-state index >= 15 is 0 Å². The molecule has 0 radical (unpaired) electrons. The highest BCUT2D eigenvalue weighted by molar-refractivity contribution is 9.09. The molecule has 0 fully saturated rings. The molecule has 0 aromatic rings. The van der Waals surface area contributed by atoms with Gasteiger partial charge in [0.1, 0.15) is 0 Å². The maximum atomic E-state index is 11.3. The van der Waals surface area contributed by atoms with Crippen LogP contribution < -0.4 is 0 Å². The van der Waals surface area contributed by atoms with Gasteiger partial charge in [-0.2, -0.15) is 0 Å². The van der Waals surface area contributed by atoms with Gasteiger partial charge < -0.3 is 9.29 Å². The Labute approximate surface area is 136 Å². The van der Waals surface area contributed by atoms with E-state index in [4.69, 9.17) is 4.74 Å². The highest BCUT2D eigenvalue weighted by Gasteiger charge is 2.03. The largest absolute Gasteiger partial charge is 0.748 e. The molecule has 5 nitrogen and oxygen atoms in total. The Balaban J connectivity index is 3.27. The van der Waals surface area contributed by atoms with Crippen molar-refractivity contribution in [2.75, 3.05) is 17.7 Å². The summed E-state index contributed by atoms with van der Waals surface area (Å²) in [5, 5.41) is 1.08. The summed E-state index contributed by atoms with van der Waals surface area (Å²) in [5.74, 6) is -0.786. The summed E-state index contributed by atoms with van der Waals surface area (Å²) in [7, 11) is -4.20. The third kappa shape index (κ3) is 17.8. The maximum Gasteiger partial charge on any atom is 0.305 e. The van der Waals surface area contributed by atoms with Gasteiger partial charge in [-0.25, -0.2) is 8.42 Å². The second kappa shape index (κ2) is 13.5. The molecule has 0 heterocycles. The van der Waals surface area contributed by atoms with Crippen LogP contribution in [0.4, 0.5) is 0 Å². The van der Waals surface area contributed by atoms with Gasteiger partial charge in [0, 0.05) is 17.5 Å². The Morgan fingerprint density at radius 2 is 1.43 bits per heavy atom. The van der Waals surface area contributed by atoms with E-state index in [9.17, 15) is 17.8 Å². The van der Waals surface area contributed by atoms with Gasteiger partial charge >= 0.3 is 5.97 Å². The van der Waals surface area contributed by atoms with Crippen LogP contribution in [0.25, 0.3) is 0 Å². The van der Waals surface area contributed by atoms with Crippen LogP contribution in [0.15, 0.2) is 0 Å². The zero-order valence-corrected chi connectivity index (χ0v) is 14.9. The molecule has 0 unspecified atom stereocenters.